The predicted molar refractivity (Wildman–Crippen MR) is 69.5 cm³/mol. The molecule has 0 radical (unpaired) electrons. The lowest BCUT2D eigenvalue weighted by molar-refractivity contribution is -0.252. The molecule has 0 fully saturated rings. The van der Waals surface area contributed by atoms with Crippen molar-refractivity contribution < 1.29 is 22.3 Å². The van der Waals surface area contributed by atoms with Gasteiger partial charge in [-0.05, 0) is 18.2 Å². The zero-order valence-electron chi connectivity index (χ0n) is 10.6. The van der Waals surface area contributed by atoms with Crippen LogP contribution in [0, 0.1) is 0 Å². The van der Waals surface area contributed by atoms with Crippen LogP contribution in [-0.2, 0) is 0 Å². The van der Waals surface area contributed by atoms with Gasteiger partial charge < -0.3 is 4.74 Å². The highest BCUT2D eigenvalue weighted by molar-refractivity contribution is 5.82. The van der Waals surface area contributed by atoms with Gasteiger partial charge in [-0.1, -0.05) is 18.2 Å². The third-order valence-electron chi connectivity index (χ3n) is 2.40. The summed E-state index contributed by atoms with van der Waals surface area (Å²) in [5, 5.41) is 0. The summed E-state index contributed by atoms with van der Waals surface area (Å²) in [6.45, 7) is 0. The number of rotatable bonds is 5. The molecular weight excluding hydrogens is 288 g/mol. The number of pyridine rings is 1. The quantitative estimate of drug-likeness (QED) is 0.616. The molecule has 0 atom stereocenters. The molecule has 2 rings (SSSR count). The standard InChI is InChI=1S/C14H10F4N2O/c15-13(16)14(17,18)21-12-6-2-1-5-11(12)20-9-10-4-3-7-19-8-10/h1-9,13H. The normalized spacial score (nSPS) is 12.0. The summed E-state index contributed by atoms with van der Waals surface area (Å²) in [7, 11) is 0. The van der Waals surface area contributed by atoms with Crippen LogP contribution in [0.1, 0.15) is 5.56 Å². The summed E-state index contributed by atoms with van der Waals surface area (Å²) in [6, 6.07) is 8.82. The lowest BCUT2D eigenvalue weighted by atomic mass is 10.3. The third kappa shape index (κ3) is 4.01. The highest BCUT2D eigenvalue weighted by Crippen LogP contribution is 2.33. The minimum Gasteiger partial charge on any atom is -0.426 e. The van der Waals surface area contributed by atoms with Crippen molar-refractivity contribution in [1.29, 1.82) is 0 Å². The number of ether oxygens (including phenoxy) is 1. The van der Waals surface area contributed by atoms with Crippen molar-refractivity contribution in [3.8, 4) is 5.75 Å². The Morgan fingerprint density at radius 3 is 2.57 bits per heavy atom. The summed E-state index contributed by atoms with van der Waals surface area (Å²) < 4.78 is 54.3. The van der Waals surface area contributed by atoms with Crippen LogP contribution in [-0.4, -0.2) is 23.7 Å². The number of hydrogen-bond donors (Lipinski definition) is 0. The van der Waals surface area contributed by atoms with E-state index in [2.05, 4.69) is 14.7 Å². The summed E-state index contributed by atoms with van der Waals surface area (Å²) in [4.78, 5) is 7.81. The van der Waals surface area contributed by atoms with Gasteiger partial charge in [0.2, 0.25) is 0 Å². The Morgan fingerprint density at radius 1 is 1.14 bits per heavy atom. The van der Waals surface area contributed by atoms with Gasteiger partial charge in [0.05, 0.1) is 0 Å². The van der Waals surface area contributed by atoms with Crippen LogP contribution >= 0.6 is 0 Å². The van der Waals surface area contributed by atoms with Gasteiger partial charge in [-0.15, -0.1) is 0 Å². The van der Waals surface area contributed by atoms with E-state index < -0.39 is 18.3 Å². The summed E-state index contributed by atoms with van der Waals surface area (Å²) in [5.41, 5.74) is 0.648. The number of para-hydroxylation sites is 2. The average Bonchev–Trinajstić information content (AvgIpc) is 2.47. The topological polar surface area (TPSA) is 34.5 Å². The van der Waals surface area contributed by atoms with E-state index in [-0.39, 0.29) is 5.69 Å². The Labute approximate surface area is 117 Å². The van der Waals surface area contributed by atoms with Crippen LogP contribution < -0.4 is 4.74 Å². The number of nitrogens with zero attached hydrogens (tertiary/aromatic N) is 2. The van der Waals surface area contributed by atoms with Crippen molar-refractivity contribution >= 4 is 11.9 Å². The average molecular weight is 298 g/mol. The van der Waals surface area contributed by atoms with E-state index in [0.717, 1.165) is 6.07 Å². The fraction of sp³-hybridized carbons (Fsp3) is 0.143. The third-order valence-corrected chi connectivity index (χ3v) is 2.40. The summed E-state index contributed by atoms with van der Waals surface area (Å²) in [5.74, 6) is -0.428. The molecule has 3 nitrogen and oxygen atoms in total. The maximum absolute atomic E-state index is 12.9. The minimum atomic E-state index is -4.57. The molecule has 0 aliphatic carbocycles. The molecule has 0 N–H and O–H groups in total. The molecule has 0 aliphatic rings. The van der Waals surface area contributed by atoms with E-state index in [9.17, 15) is 17.6 Å². The van der Waals surface area contributed by atoms with Gasteiger partial charge in [0, 0.05) is 24.2 Å². The van der Waals surface area contributed by atoms with Gasteiger partial charge in [-0.25, -0.2) is 0 Å². The highest BCUT2D eigenvalue weighted by Gasteiger charge is 2.44. The lowest BCUT2D eigenvalue weighted by Gasteiger charge is -2.17. The monoisotopic (exact) mass is 298 g/mol. The maximum Gasteiger partial charge on any atom is 0.461 e. The van der Waals surface area contributed by atoms with Crippen molar-refractivity contribution in [3.05, 3.63) is 54.4 Å². The molecule has 0 spiro atoms. The number of aromatic nitrogens is 1. The first kappa shape index (κ1) is 15.0. The zero-order chi connectivity index (χ0) is 15.3. The molecule has 0 amide bonds. The number of aliphatic imine (C=N–C) groups is 1. The van der Waals surface area contributed by atoms with Gasteiger partial charge in [0.15, 0.2) is 5.75 Å². The number of hydrogen-bond acceptors (Lipinski definition) is 3. The first-order chi connectivity index (χ1) is 9.99. The maximum atomic E-state index is 12.9. The first-order valence-corrected chi connectivity index (χ1v) is 5.87. The molecule has 1 heterocycles. The predicted octanol–water partition coefficient (Wildman–Crippen LogP) is 4.07. The van der Waals surface area contributed by atoms with Crippen molar-refractivity contribution in [2.45, 2.75) is 12.5 Å². The molecule has 2 aromatic rings. The fourth-order valence-corrected chi connectivity index (χ4v) is 1.44. The van der Waals surface area contributed by atoms with E-state index in [1.165, 1.54) is 30.6 Å². The Balaban J connectivity index is 2.23. The largest absolute Gasteiger partial charge is 0.461 e. The number of benzene rings is 1. The van der Waals surface area contributed by atoms with Crippen LogP contribution in [0.4, 0.5) is 23.2 Å². The summed E-state index contributed by atoms with van der Waals surface area (Å²) in [6.07, 6.45) is -4.04. The second kappa shape index (κ2) is 6.34. The van der Waals surface area contributed by atoms with E-state index in [1.54, 1.807) is 18.3 Å². The van der Waals surface area contributed by atoms with E-state index >= 15 is 0 Å². The van der Waals surface area contributed by atoms with Gasteiger partial charge >= 0.3 is 12.5 Å². The van der Waals surface area contributed by atoms with Crippen LogP contribution in [0.25, 0.3) is 0 Å². The molecule has 0 saturated carbocycles. The van der Waals surface area contributed by atoms with Crippen molar-refractivity contribution in [2.24, 2.45) is 4.99 Å². The second-order valence-electron chi connectivity index (χ2n) is 3.98. The van der Waals surface area contributed by atoms with Crippen molar-refractivity contribution in [2.75, 3.05) is 0 Å². The fourth-order valence-electron chi connectivity index (χ4n) is 1.44. The van der Waals surface area contributed by atoms with Crippen molar-refractivity contribution in [1.82, 2.24) is 4.98 Å². The van der Waals surface area contributed by atoms with E-state index in [1.807, 2.05) is 0 Å². The van der Waals surface area contributed by atoms with E-state index in [4.69, 9.17) is 0 Å². The molecule has 21 heavy (non-hydrogen) atoms. The Bertz CT molecular complexity index is 617. The number of halogens is 4. The molecule has 0 aliphatic heterocycles. The first-order valence-electron chi connectivity index (χ1n) is 5.87. The van der Waals surface area contributed by atoms with Gasteiger partial charge in [0.25, 0.3) is 0 Å². The molecule has 1 aromatic heterocycles. The Hall–Kier alpha value is -2.44. The Morgan fingerprint density at radius 2 is 1.90 bits per heavy atom. The van der Waals surface area contributed by atoms with Crippen LogP contribution in [0.5, 0.6) is 5.75 Å². The van der Waals surface area contributed by atoms with Gasteiger partial charge in [-0.2, -0.15) is 17.6 Å². The second-order valence-corrected chi connectivity index (χ2v) is 3.98. The highest BCUT2D eigenvalue weighted by atomic mass is 19.3. The van der Waals surface area contributed by atoms with Gasteiger partial charge in [-0.3, -0.25) is 9.98 Å². The lowest BCUT2D eigenvalue weighted by Crippen LogP contribution is -2.33. The SMILES string of the molecule is FC(F)C(F)(F)Oc1ccccc1N=Cc1cccnc1. The van der Waals surface area contributed by atoms with Crippen molar-refractivity contribution in [3.63, 3.8) is 0 Å². The molecule has 0 bridgehead atoms. The van der Waals surface area contributed by atoms with Gasteiger partial charge in [0.1, 0.15) is 5.69 Å². The molecule has 0 unspecified atom stereocenters. The summed E-state index contributed by atoms with van der Waals surface area (Å²) >= 11 is 0. The number of alkyl halides is 4. The minimum absolute atomic E-state index is 0.0154. The molecule has 0 saturated heterocycles. The smallest absolute Gasteiger partial charge is 0.426 e. The van der Waals surface area contributed by atoms with Crippen LogP contribution in [0.2, 0.25) is 0 Å². The molecule has 1 aromatic carbocycles. The zero-order valence-corrected chi connectivity index (χ0v) is 10.6. The van der Waals surface area contributed by atoms with Crippen LogP contribution in [0.3, 0.4) is 0 Å². The molecule has 7 heteroatoms. The molecular formula is C14H10F4N2O. The van der Waals surface area contributed by atoms with E-state index in [0.29, 0.717) is 5.56 Å². The Kier molecular flexibility index (Phi) is 4.52. The van der Waals surface area contributed by atoms with Crippen LogP contribution in [0.15, 0.2) is 53.8 Å². The molecule has 110 valence electrons.